The summed E-state index contributed by atoms with van der Waals surface area (Å²) in [7, 11) is 0. The van der Waals surface area contributed by atoms with E-state index in [-0.39, 0.29) is 0 Å². The molecule has 0 amide bonds. The minimum atomic E-state index is 0.445. The van der Waals surface area contributed by atoms with Crippen LogP contribution in [-0.4, -0.2) is 34.5 Å². The highest BCUT2D eigenvalue weighted by Gasteiger charge is 2.21. The van der Waals surface area contributed by atoms with Gasteiger partial charge in [-0.2, -0.15) is 5.10 Å². The van der Waals surface area contributed by atoms with Gasteiger partial charge in [-0.25, -0.2) is 4.68 Å². The highest BCUT2D eigenvalue weighted by molar-refractivity contribution is 7.80. The number of aromatic nitrogens is 2. The number of anilines is 1. The summed E-state index contributed by atoms with van der Waals surface area (Å²) in [5, 5.41) is 14.6. The van der Waals surface area contributed by atoms with Crippen molar-refractivity contribution in [3.63, 3.8) is 0 Å². The molecule has 3 N–H and O–H groups in total. The molecule has 17 heavy (non-hydrogen) atoms. The first-order valence-corrected chi connectivity index (χ1v) is 6.36. The number of hydrogen-bond acceptors (Lipinski definition) is 3. The van der Waals surface area contributed by atoms with E-state index in [1.54, 1.807) is 6.20 Å². The van der Waals surface area contributed by atoms with Crippen molar-refractivity contribution in [2.75, 3.05) is 25.0 Å². The molecule has 1 saturated heterocycles. The second-order valence-corrected chi connectivity index (χ2v) is 5.11. The standard InChI is InChI=1S/C11H19N5S/c1-8(2)5-13-11(17)15-10-3-4-14-16(10)9-6-12-7-9/h3-4,8-9,12H,5-7H2,1-2H3,(H2,13,15,17). The van der Waals surface area contributed by atoms with Crippen LogP contribution in [0.2, 0.25) is 0 Å². The van der Waals surface area contributed by atoms with Gasteiger partial charge in [0.25, 0.3) is 0 Å². The largest absolute Gasteiger partial charge is 0.362 e. The van der Waals surface area contributed by atoms with E-state index in [1.807, 2.05) is 10.7 Å². The summed E-state index contributed by atoms with van der Waals surface area (Å²) in [4.78, 5) is 0. The second kappa shape index (κ2) is 5.46. The van der Waals surface area contributed by atoms with E-state index in [0.29, 0.717) is 17.1 Å². The van der Waals surface area contributed by atoms with Gasteiger partial charge in [0, 0.05) is 25.7 Å². The summed E-state index contributed by atoms with van der Waals surface area (Å²) in [6.45, 7) is 7.13. The fourth-order valence-electron chi connectivity index (χ4n) is 1.61. The summed E-state index contributed by atoms with van der Waals surface area (Å²) in [5.41, 5.74) is 0. The Morgan fingerprint density at radius 3 is 3.00 bits per heavy atom. The van der Waals surface area contributed by atoms with Gasteiger partial charge < -0.3 is 16.0 Å². The van der Waals surface area contributed by atoms with E-state index in [4.69, 9.17) is 12.2 Å². The van der Waals surface area contributed by atoms with Crippen molar-refractivity contribution in [1.29, 1.82) is 0 Å². The Bertz CT molecular complexity index is 383. The van der Waals surface area contributed by atoms with Gasteiger partial charge in [-0.05, 0) is 18.1 Å². The highest BCUT2D eigenvalue weighted by atomic mass is 32.1. The minimum absolute atomic E-state index is 0.445. The highest BCUT2D eigenvalue weighted by Crippen LogP contribution is 2.17. The van der Waals surface area contributed by atoms with Crippen molar-refractivity contribution < 1.29 is 0 Å². The van der Waals surface area contributed by atoms with E-state index in [2.05, 4.69) is 34.9 Å². The number of rotatable bonds is 4. The number of nitrogens with one attached hydrogen (secondary N) is 3. The van der Waals surface area contributed by atoms with Crippen molar-refractivity contribution >= 4 is 23.1 Å². The zero-order valence-electron chi connectivity index (χ0n) is 10.2. The maximum absolute atomic E-state index is 5.24. The molecular formula is C11H19N5S. The first kappa shape index (κ1) is 12.3. The average molecular weight is 253 g/mol. The summed E-state index contributed by atoms with van der Waals surface area (Å²) < 4.78 is 1.99. The zero-order chi connectivity index (χ0) is 12.3. The third-order valence-electron chi connectivity index (χ3n) is 2.69. The van der Waals surface area contributed by atoms with Crippen LogP contribution in [-0.2, 0) is 0 Å². The third-order valence-corrected chi connectivity index (χ3v) is 2.93. The molecule has 2 heterocycles. The van der Waals surface area contributed by atoms with Crippen LogP contribution in [0.5, 0.6) is 0 Å². The van der Waals surface area contributed by atoms with Gasteiger partial charge in [0.1, 0.15) is 5.82 Å². The third kappa shape index (κ3) is 3.17. The average Bonchev–Trinajstić information content (AvgIpc) is 2.61. The van der Waals surface area contributed by atoms with Crippen LogP contribution in [0.4, 0.5) is 5.82 Å². The first-order valence-electron chi connectivity index (χ1n) is 5.96. The lowest BCUT2D eigenvalue weighted by atomic mass is 10.2. The lowest BCUT2D eigenvalue weighted by Gasteiger charge is -2.29. The molecule has 0 spiro atoms. The van der Waals surface area contributed by atoms with Crippen LogP contribution in [0.15, 0.2) is 12.3 Å². The topological polar surface area (TPSA) is 53.9 Å². The molecular weight excluding hydrogens is 234 g/mol. The van der Waals surface area contributed by atoms with E-state index >= 15 is 0 Å². The quantitative estimate of drug-likeness (QED) is 0.698. The van der Waals surface area contributed by atoms with Gasteiger partial charge in [0.2, 0.25) is 0 Å². The number of nitrogens with zero attached hydrogens (tertiary/aromatic N) is 2. The van der Waals surface area contributed by atoms with Crippen molar-refractivity contribution in [2.24, 2.45) is 5.92 Å². The lowest BCUT2D eigenvalue weighted by molar-refractivity contribution is 0.322. The van der Waals surface area contributed by atoms with Gasteiger partial charge in [-0.1, -0.05) is 13.8 Å². The maximum atomic E-state index is 5.24. The number of hydrogen-bond donors (Lipinski definition) is 3. The Hall–Kier alpha value is -1.14. The first-order chi connectivity index (χ1) is 8.16. The molecule has 0 unspecified atom stereocenters. The zero-order valence-corrected chi connectivity index (χ0v) is 11.0. The van der Waals surface area contributed by atoms with Crippen molar-refractivity contribution in [1.82, 2.24) is 20.4 Å². The van der Waals surface area contributed by atoms with Gasteiger partial charge in [-0.3, -0.25) is 0 Å². The molecule has 0 bridgehead atoms. The fourth-order valence-corrected chi connectivity index (χ4v) is 1.80. The monoisotopic (exact) mass is 253 g/mol. The Morgan fingerprint density at radius 1 is 1.65 bits per heavy atom. The molecule has 5 nitrogen and oxygen atoms in total. The molecule has 6 heteroatoms. The van der Waals surface area contributed by atoms with Crippen LogP contribution in [0.1, 0.15) is 19.9 Å². The van der Waals surface area contributed by atoms with Gasteiger partial charge in [-0.15, -0.1) is 0 Å². The van der Waals surface area contributed by atoms with Crippen molar-refractivity contribution in [3.8, 4) is 0 Å². The SMILES string of the molecule is CC(C)CNC(=S)Nc1ccnn1C1CNC1. The fraction of sp³-hybridized carbons (Fsp3) is 0.636. The Kier molecular flexibility index (Phi) is 3.96. The van der Waals surface area contributed by atoms with Crippen molar-refractivity contribution in [3.05, 3.63) is 12.3 Å². The van der Waals surface area contributed by atoms with Crippen LogP contribution < -0.4 is 16.0 Å². The van der Waals surface area contributed by atoms with E-state index in [0.717, 1.165) is 25.5 Å². The summed E-state index contributed by atoms with van der Waals surface area (Å²) in [5.74, 6) is 1.54. The van der Waals surface area contributed by atoms with Gasteiger partial charge >= 0.3 is 0 Å². The smallest absolute Gasteiger partial charge is 0.171 e. The van der Waals surface area contributed by atoms with Gasteiger partial charge in [0.05, 0.1) is 12.2 Å². The van der Waals surface area contributed by atoms with E-state index in [9.17, 15) is 0 Å². The minimum Gasteiger partial charge on any atom is -0.362 e. The molecule has 1 aliphatic rings. The number of thiocarbonyl (C=S) groups is 1. The molecule has 0 aromatic carbocycles. The van der Waals surface area contributed by atoms with Crippen LogP contribution >= 0.6 is 12.2 Å². The predicted octanol–water partition coefficient (Wildman–Crippen LogP) is 0.970. The molecule has 1 fully saturated rings. The molecule has 0 aliphatic carbocycles. The normalized spacial score (nSPS) is 15.7. The molecule has 2 rings (SSSR count). The van der Waals surface area contributed by atoms with Crippen LogP contribution in [0, 0.1) is 5.92 Å². The molecule has 1 aromatic rings. The lowest BCUT2D eigenvalue weighted by Crippen LogP contribution is -2.44. The van der Waals surface area contributed by atoms with E-state index in [1.165, 1.54) is 0 Å². The summed E-state index contributed by atoms with van der Waals surface area (Å²) in [6, 6.07) is 2.39. The van der Waals surface area contributed by atoms with Crippen LogP contribution in [0.3, 0.4) is 0 Å². The molecule has 0 saturated carbocycles. The summed E-state index contributed by atoms with van der Waals surface area (Å²) in [6.07, 6.45) is 1.80. The Balaban J connectivity index is 1.89. The predicted molar refractivity (Wildman–Crippen MR) is 73.2 cm³/mol. The second-order valence-electron chi connectivity index (χ2n) is 4.70. The molecule has 94 valence electrons. The molecule has 1 aromatic heterocycles. The molecule has 0 atom stereocenters. The van der Waals surface area contributed by atoms with Gasteiger partial charge in [0.15, 0.2) is 5.11 Å². The summed E-state index contributed by atoms with van der Waals surface area (Å²) >= 11 is 5.24. The molecule has 0 radical (unpaired) electrons. The molecule has 1 aliphatic heterocycles. The maximum Gasteiger partial charge on any atom is 0.171 e. The van der Waals surface area contributed by atoms with E-state index < -0.39 is 0 Å². The van der Waals surface area contributed by atoms with Crippen LogP contribution in [0.25, 0.3) is 0 Å². The van der Waals surface area contributed by atoms with Crippen molar-refractivity contribution in [2.45, 2.75) is 19.9 Å². The Morgan fingerprint density at radius 2 is 2.41 bits per heavy atom. The Labute approximate surface area is 107 Å².